The maximum atomic E-state index is 5.53. The molecule has 6 heteroatoms. The van der Waals surface area contributed by atoms with Gasteiger partial charge in [-0.3, -0.25) is 4.68 Å². The van der Waals surface area contributed by atoms with E-state index in [1.54, 1.807) is 16.4 Å². The van der Waals surface area contributed by atoms with Crippen molar-refractivity contribution in [2.45, 2.75) is 10.6 Å². The predicted molar refractivity (Wildman–Crippen MR) is 59.3 cm³/mol. The van der Waals surface area contributed by atoms with Gasteiger partial charge in [-0.25, -0.2) is 4.98 Å². The third-order valence-electron chi connectivity index (χ3n) is 1.64. The third kappa shape index (κ3) is 2.27. The standard InChI is InChI=1S/C8H10N4S2/c1-12-3-7(2-10-12)13-4-6-5-14-8(9)11-6/h2-3,5H,4H2,1H3,(H2,9,11). The maximum absolute atomic E-state index is 5.53. The smallest absolute Gasteiger partial charge is 0.180 e. The van der Waals surface area contributed by atoms with E-state index in [2.05, 4.69) is 10.1 Å². The van der Waals surface area contributed by atoms with Crippen molar-refractivity contribution < 1.29 is 0 Å². The Bertz CT molecular complexity index is 380. The number of anilines is 1. The Labute approximate surface area is 90.1 Å². The molecule has 0 amide bonds. The fourth-order valence-corrected chi connectivity index (χ4v) is 2.50. The second kappa shape index (κ2) is 4.02. The SMILES string of the molecule is Cn1cc(SCc2csc(N)n2)cn1. The molecule has 0 saturated carbocycles. The summed E-state index contributed by atoms with van der Waals surface area (Å²) in [6.07, 6.45) is 3.83. The van der Waals surface area contributed by atoms with E-state index in [-0.39, 0.29) is 0 Å². The van der Waals surface area contributed by atoms with Gasteiger partial charge in [0.15, 0.2) is 5.13 Å². The zero-order valence-corrected chi connectivity index (χ0v) is 9.31. The zero-order valence-electron chi connectivity index (χ0n) is 7.67. The van der Waals surface area contributed by atoms with Crippen molar-refractivity contribution in [1.82, 2.24) is 14.8 Å². The first-order valence-corrected chi connectivity index (χ1v) is 5.92. The molecule has 0 aliphatic heterocycles. The first-order chi connectivity index (χ1) is 6.74. The number of thiazole rings is 1. The van der Waals surface area contributed by atoms with Crippen LogP contribution in [0.3, 0.4) is 0 Å². The molecule has 0 aromatic carbocycles. The van der Waals surface area contributed by atoms with Gasteiger partial charge < -0.3 is 5.73 Å². The van der Waals surface area contributed by atoms with Gasteiger partial charge >= 0.3 is 0 Å². The topological polar surface area (TPSA) is 56.7 Å². The minimum Gasteiger partial charge on any atom is -0.375 e. The molecule has 0 fully saturated rings. The van der Waals surface area contributed by atoms with Crippen LogP contribution in [0.1, 0.15) is 5.69 Å². The molecule has 2 aromatic rings. The highest BCUT2D eigenvalue weighted by molar-refractivity contribution is 7.98. The van der Waals surface area contributed by atoms with E-state index in [4.69, 9.17) is 5.73 Å². The van der Waals surface area contributed by atoms with Gasteiger partial charge in [-0.05, 0) is 0 Å². The van der Waals surface area contributed by atoms with E-state index < -0.39 is 0 Å². The fraction of sp³-hybridized carbons (Fsp3) is 0.250. The van der Waals surface area contributed by atoms with Crippen molar-refractivity contribution in [2.24, 2.45) is 7.05 Å². The summed E-state index contributed by atoms with van der Waals surface area (Å²) in [6.45, 7) is 0. The highest BCUT2D eigenvalue weighted by Crippen LogP contribution is 2.23. The number of aromatic nitrogens is 3. The molecule has 0 atom stereocenters. The van der Waals surface area contributed by atoms with Gasteiger partial charge in [0.05, 0.1) is 11.9 Å². The summed E-state index contributed by atoms with van der Waals surface area (Å²) in [5.74, 6) is 0.847. The number of hydrogen-bond acceptors (Lipinski definition) is 5. The molecule has 0 bridgehead atoms. The number of aryl methyl sites for hydroxylation is 1. The minimum absolute atomic E-state index is 0.631. The lowest BCUT2D eigenvalue weighted by atomic mass is 10.6. The van der Waals surface area contributed by atoms with Crippen LogP contribution in [0.15, 0.2) is 22.7 Å². The van der Waals surface area contributed by atoms with Gasteiger partial charge in [-0.2, -0.15) is 5.10 Å². The summed E-state index contributed by atoms with van der Waals surface area (Å²) < 4.78 is 1.79. The van der Waals surface area contributed by atoms with Gasteiger partial charge in [0.1, 0.15) is 0 Å². The molecule has 4 nitrogen and oxygen atoms in total. The van der Waals surface area contributed by atoms with Gasteiger partial charge in [0.2, 0.25) is 0 Å². The van der Waals surface area contributed by atoms with E-state index in [9.17, 15) is 0 Å². The van der Waals surface area contributed by atoms with Crippen molar-refractivity contribution in [1.29, 1.82) is 0 Å². The summed E-state index contributed by atoms with van der Waals surface area (Å²) in [4.78, 5) is 5.33. The lowest BCUT2D eigenvalue weighted by Gasteiger charge is -1.92. The maximum Gasteiger partial charge on any atom is 0.180 e. The molecule has 2 aromatic heterocycles. The number of nitrogens with two attached hydrogens (primary N) is 1. The van der Waals surface area contributed by atoms with Crippen molar-refractivity contribution >= 4 is 28.2 Å². The number of nitrogen functional groups attached to an aromatic ring is 1. The van der Waals surface area contributed by atoms with Crippen LogP contribution in [0.5, 0.6) is 0 Å². The quantitative estimate of drug-likeness (QED) is 0.810. The van der Waals surface area contributed by atoms with E-state index in [0.29, 0.717) is 5.13 Å². The Balaban J connectivity index is 1.94. The summed E-state index contributed by atoms with van der Waals surface area (Å²) in [7, 11) is 1.91. The largest absolute Gasteiger partial charge is 0.375 e. The first kappa shape index (κ1) is 9.54. The Kier molecular flexibility index (Phi) is 2.74. The number of rotatable bonds is 3. The Hall–Kier alpha value is -1.01. The number of nitrogens with zero attached hydrogens (tertiary/aromatic N) is 3. The molecular weight excluding hydrogens is 216 g/mol. The van der Waals surface area contributed by atoms with Crippen LogP contribution >= 0.6 is 23.1 Å². The van der Waals surface area contributed by atoms with Crippen LogP contribution in [0.2, 0.25) is 0 Å². The normalized spacial score (nSPS) is 10.6. The summed E-state index contributed by atoms with van der Waals surface area (Å²) in [5, 5.41) is 6.70. The molecule has 2 N–H and O–H groups in total. The monoisotopic (exact) mass is 226 g/mol. The van der Waals surface area contributed by atoms with Crippen LogP contribution < -0.4 is 5.73 Å². The molecule has 0 aliphatic rings. The van der Waals surface area contributed by atoms with Gasteiger partial charge in [-0.15, -0.1) is 23.1 Å². The van der Waals surface area contributed by atoms with E-state index >= 15 is 0 Å². The molecule has 0 unspecified atom stereocenters. The minimum atomic E-state index is 0.631. The Morgan fingerprint density at radius 1 is 1.64 bits per heavy atom. The Morgan fingerprint density at radius 2 is 2.50 bits per heavy atom. The number of thioether (sulfide) groups is 1. The van der Waals surface area contributed by atoms with Gasteiger partial charge in [0.25, 0.3) is 0 Å². The zero-order chi connectivity index (χ0) is 9.97. The van der Waals surface area contributed by atoms with Crippen LogP contribution in [0.25, 0.3) is 0 Å². The summed E-state index contributed by atoms with van der Waals surface area (Å²) in [5.41, 5.74) is 6.56. The van der Waals surface area contributed by atoms with Crippen LogP contribution in [-0.2, 0) is 12.8 Å². The van der Waals surface area contributed by atoms with Crippen molar-refractivity contribution in [3.05, 3.63) is 23.5 Å². The van der Waals surface area contributed by atoms with Crippen molar-refractivity contribution in [3.63, 3.8) is 0 Å². The van der Waals surface area contributed by atoms with Crippen LogP contribution in [0, 0.1) is 0 Å². The average molecular weight is 226 g/mol. The van der Waals surface area contributed by atoms with Gasteiger partial charge in [-0.1, -0.05) is 0 Å². The summed E-state index contributed by atoms with van der Waals surface area (Å²) in [6, 6.07) is 0. The van der Waals surface area contributed by atoms with Crippen molar-refractivity contribution in [2.75, 3.05) is 5.73 Å². The molecular formula is C8H10N4S2. The van der Waals surface area contributed by atoms with Crippen molar-refractivity contribution in [3.8, 4) is 0 Å². The van der Waals surface area contributed by atoms with Gasteiger partial charge in [0, 0.05) is 29.3 Å². The second-order valence-electron chi connectivity index (χ2n) is 2.82. The van der Waals surface area contributed by atoms with Crippen LogP contribution in [0.4, 0.5) is 5.13 Å². The molecule has 74 valence electrons. The fourth-order valence-electron chi connectivity index (χ4n) is 1.02. The summed E-state index contributed by atoms with van der Waals surface area (Å²) >= 11 is 3.19. The Morgan fingerprint density at radius 3 is 3.07 bits per heavy atom. The third-order valence-corrected chi connectivity index (χ3v) is 3.34. The first-order valence-electron chi connectivity index (χ1n) is 4.05. The lowest BCUT2D eigenvalue weighted by Crippen LogP contribution is -1.85. The molecule has 0 spiro atoms. The second-order valence-corrected chi connectivity index (χ2v) is 4.75. The molecule has 14 heavy (non-hydrogen) atoms. The highest BCUT2D eigenvalue weighted by Gasteiger charge is 2.01. The molecule has 0 saturated heterocycles. The molecule has 2 heterocycles. The molecule has 0 radical (unpaired) electrons. The van der Waals surface area contributed by atoms with E-state index in [1.807, 2.05) is 24.8 Å². The average Bonchev–Trinajstić information content (AvgIpc) is 2.72. The number of hydrogen-bond donors (Lipinski definition) is 1. The van der Waals surface area contributed by atoms with E-state index in [1.165, 1.54) is 11.3 Å². The highest BCUT2D eigenvalue weighted by atomic mass is 32.2. The predicted octanol–water partition coefficient (Wildman–Crippen LogP) is 1.75. The van der Waals surface area contributed by atoms with Crippen LogP contribution in [-0.4, -0.2) is 14.8 Å². The lowest BCUT2D eigenvalue weighted by molar-refractivity contribution is 0.766. The molecule has 2 rings (SSSR count). The van der Waals surface area contributed by atoms with E-state index in [0.717, 1.165) is 16.3 Å². The molecule has 0 aliphatic carbocycles.